The predicted octanol–water partition coefficient (Wildman–Crippen LogP) is 1.49. The second kappa shape index (κ2) is 5.14. The Kier molecular flexibility index (Phi) is 3.79. The maximum atomic E-state index is 10.4. The Bertz CT molecular complexity index is 366. The molecule has 0 saturated carbocycles. The highest BCUT2D eigenvalue weighted by molar-refractivity contribution is 4.95. The first-order chi connectivity index (χ1) is 8.11. The van der Waals surface area contributed by atoms with Crippen molar-refractivity contribution in [2.75, 3.05) is 6.61 Å². The van der Waals surface area contributed by atoms with E-state index in [0.29, 0.717) is 31.8 Å². The monoisotopic (exact) mass is 240 g/mol. The minimum atomic E-state index is -0.756. The van der Waals surface area contributed by atoms with E-state index in [1.165, 1.54) is 0 Å². The lowest BCUT2D eigenvalue weighted by Gasteiger charge is -2.34. The van der Waals surface area contributed by atoms with Gasteiger partial charge in [0, 0.05) is 25.9 Å². The van der Waals surface area contributed by atoms with Crippen LogP contribution in [0.5, 0.6) is 0 Å². The summed E-state index contributed by atoms with van der Waals surface area (Å²) in [6, 6.07) is 0. The van der Waals surface area contributed by atoms with Crippen molar-refractivity contribution in [1.29, 1.82) is 0 Å². The number of rotatable bonds is 4. The van der Waals surface area contributed by atoms with E-state index < -0.39 is 5.60 Å². The molecule has 1 fully saturated rings. The summed E-state index contributed by atoms with van der Waals surface area (Å²) in [5.41, 5.74) is -0.756. The van der Waals surface area contributed by atoms with Gasteiger partial charge in [-0.3, -0.25) is 0 Å². The Morgan fingerprint density at radius 3 is 3.06 bits per heavy atom. The van der Waals surface area contributed by atoms with Crippen LogP contribution in [0, 0.1) is 0 Å². The van der Waals surface area contributed by atoms with Crippen LogP contribution in [0.1, 0.15) is 44.8 Å². The summed E-state index contributed by atoms with van der Waals surface area (Å²) in [5, 5.41) is 14.3. The molecule has 5 nitrogen and oxygen atoms in total. The zero-order valence-corrected chi connectivity index (χ0v) is 10.5. The average Bonchev–Trinajstić information content (AvgIpc) is 2.64. The second-order valence-electron chi connectivity index (χ2n) is 4.89. The maximum absolute atomic E-state index is 10.4. The first-order valence-corrected chi connectivity index (χ1v) is 6.27. The fourth-order valence-corrected chi connectivity index (χ4v) is 2.28. The van der Waals surface area contributed by atoms with Gasteiger partial charge in [-0.25, -0.2) is 0 Å². The number of aryl methyl sites for hydroxylation is 1. The molecule has 0 aliphatic carbocycles. The van der Waals surface area contributed by atoms with Gasteiger partial charge in [-0.15, -0.1) is 0 Å². The lowest BCUT2D eigenvalue weighted by atomic mass is 9.88. The van der Waals surface area contributed by atoms with Gasteiger partial charge in [0.05, 0.1) is 18.1 Å². The zero-order chi connectivity index (χ0) is 12.3. The third kappa shape index (κ3) is 3.26. The van der Waals surface area contributed by atoms with Crippen molar-refractivity contribution in [2.45, 2.75) is 57.7 Å². The Morgan fingerprint density at radius 2 is 2.35 bits per heavy atom. The molecule has 17 heavy (non-hydrogen) atoms. The molecule has 0 spiro atoms. The van der Waals surface area contributed by atoms with Crippen LogP contribution in [0.3, 0.4) is 0 Å². The summed E-state index contributed by atoms with van der Waals surface area (Å²) in [5.74, 6) is 1.26. The summed E-state index contributed by atoms with van der Waals surface area (Å²) in [6.07, 6.45) is 3.58. The molecule has 2 rings (SSSR count). The van der Waals surface area contributed by atoms with Gasteiger partial charge in [-0.1, -0.05) is 12.1 Å². The third-order valence-electron chi connectivity index (χ3n) is 3.10. The van der Waals surface area contributed by atoms with Crippen LogP contribution >= 0.6 is 0 Å². The highest BCUT2D eigenvalue weighted by atomic mass is 16.5. The molecule has 1 N–H and O–H groups in total. The molecule has 1 aliphatic heterocycles. The van der Waals surface area contributed by atoms with Gasteiger partial charge in [0.25, 0.3) is 0 Å². The fourth-order valence-electron chi connectivity index (χ4n) is 2.28. The van der Waals surface area contributed by atoms with Crippen LogP contribution in [-0.4, -0.2) is 33.6 Å². The molecule has 5 heteroatoms. The van der Waals surface area contributed by atoms with Crippen LogP contribution in [0.15, 0.2) is 4.52 Å². The minimum absolute atomic E-state index is 0.0896. The first kappa shape index (κ1) is 12.5. The normalized spacial score (nSPS) is 29.5. The predicted molar refractivity (Wildman–Crippen MR) is 61.6 cm³/mol. The number of aromatic nitrogens is 2. The van der Waals surface area contributed by atoms with Gasteiger partial charge in [0.15, 0.2) is 5.82 Å². The largest absolute Gasteiger partial charge is 0.389 e. The van der Waals surface area contributed by atoms with Gasteiger partial charge < -0.3 is 14.4 Å². The third-order valence-corrected chi connectivity index (χ3v) is 3.10. The number of ether oxygens (including phenoxy) is 1. The lowest BCUT2D eigenvalue weighted by Crippen LogP contribution is -2.41. The number of aliphatic hydroxyl groups is 1. The van der Waals surface area contributed by atoms with Crippen LogP contribution in [0.4, 0.5) is 0 Å². The van der Waals surface area contributed by atoms with Crippen molar-refractivity contribution in [2.24, 2.45) is 0 Å². The van der Waals surface area contributed by atoms with Crippen LogP contribution in [0.2, 0.25) is 0 Å². The molecule has 1 aromatic heterocycles. The Labute approximate surface area is 101 Å². The Hall–Kier alpha value is -0.940. The summed E-state index contributed by atoms with van der Waals surface area (Å²) >= 11 is 0. The highest BCUT2D eigenvalue weighted by Crippen LogP contribution is 2.27. The maximum Gasteiger partial charge on any atom is 0.229 e. The summed E-state index contributed by atoms with van der Waals surface area (Å²) < 4.78 is 10.6. The van der Waals surface area contributed by atoms with Gasteiger partial charge in [-0.05, 0) is 13.3 Å². The van der Waals surface area contributed by atoms with E-state index in [1.807, 2.05) is 6.92 Å². The molecule has 96 valence electrons. The van der Waals surface area contributed by atoms with E-state index >= 15 is 0 Å². The average molecular weight is 240 g/mol. The SMILES string of the molecule is CCCc1noc(C[C@]2(O)CCO[C@@H](C)C2)n1. The van der Waals surface area contributed by atoms with Crippen molar-refractivity contribution in [3.8, 4) is 0 Å². The zero-order valence-electron chi connectivity index (χ0n) is 10.5. The molecule has 0 aromatic carbocycles. The molecule has 2 heterocycles. The molecule has 1 saturated heterocycles. The summed E-state index contributed by atoms with van der Waals surface area (Å²) in [6.45, 7) is 4.64. The van der Waals surface area contributed by atoms with Gasteiger partial charge in [-0.2, -0.15) is 4.98 Å². The van der Waals surface area contributed by atoms with E-state index in [9.17, 15) is 5.11 Å². The summed E-state index contributed by atoms with van der Waals surface area (Å²) in [7, 11) is 0. The summed E-state index contributed by atoms with van der Waals surface area (Å²) in [4.78, 5) is 4.29. The smallest absolute Gasteiger partial charge is 0.229 e. The van der Waals surface area contributed by atoms with Crippen LogP contribution in [0.25, 0.3) is 0 Å². The van der Waals surface area contributed by atoms with E-state index in [2.05, 4.69) is 17.1 Å². The number of nitrogens with zero attached hydrogens (tertiary/aromatic N) is 2. The second-order valence-corrected chi connectivity index (χ2v) is 4.89. The molecule has 0 amide bonds. The van der Waals surface area contributed by atoms with E-state index in [-0.39, 0.29) is 6.10 Å². The number of hydrogen-bond acceptors (Lipinski definition) is 5. The van der Waals surface area contributed by atoms with E-state index in [1.54, 1.807) is 0 Å². The lowest BCUT2D eigenvalue weighted by molar-refractivity contribution is -0.0987. The Morgan fingerprint density at radius 1 is 1.53 bits per heavy atom. The molecular weight excluding hydrogens is 220 g/mol. The van der Waals surface area contributed by atoms with Crippen molar-refractivity contribution in [3.05, 3.63) is 11.7 Å². The van der Waals surface area contributed by atoms with Gasteiger partial charge in [0.2, 0.25) is 5.89 Å². The molecule has 0 radical (unpaired) electrons. The molecule has 2 atom stereocenters. The standard InChI is InChI=1S/C12H20N2O3/c1-3-4-10-13-11(17-14-10)8-12(15)5-6-16-9(2)7-12/h9,15H,3-8H2,1-2H3/t9-,12-/m0/s1. The van der Waals surface area contributed by atoms with Crippen LogP contribution in [-0.2, 0) is 17.6 Å². The molecule has 1 aliphatic rings. The van der Waals surface area contributed by atoms with Crippen molar-refractivity contribution >= 4 is 0 Å². The fraction of sp³-hybridized carbons (Fsp3) is 0.833. The number of hydrogen-bond donors (Lipinski definition) is 1. The van der Waals surface area contributed by atoms with Crippen LogP contribution < -0.4 is 0 Å². The molecule has 0 unspecified atom stereocenters. The van der Waals surface area contributed by atoms with E-state index in [4.69, 9.17) is 9.26 Å². The molecular formula is C12H20N2O3. The van der Waals surface area contributed by atoms with Crippen molar-refractivity contribution in [1.82, 2.24) is 10.1 Å². The van der Waals surface area contributed by atoms with Crippen molar-refractivity contribution < 1.29 is 14.4 Å². The topological polar surface area (TPSA) is 68.4 Å². The quantitative estimate of drug-likeness (QED) is 0.863. The minimum Gasteiger partial charge on any atom is -0.389 e. The van der Waals surface area contributed by atoms with Gasteiger partial charge in [0.1, 0.15) is 0 Å². The van der Waals surface area contributed by atoms with E-state index in [0.717, 1.165) is 18.7 Å². The molecule has 1 aromatic rings. The van der Waals surface area contributed by atoms with Gasteiger partial charge >= 0.3 is 0 Å². The molecule has 0 bridgehead atoms. The first-order valence-electron chi connectivity index (χ1n) is 6.27. The Balaban J connectivity index is 1.98. The highest BCUT2D eigenvalue weighted by Gasteiger charge is 2.35. The van der Waals surface area contributed by atoms with Crippen molar-refractivity contribution in [3.63, 3.8) is 0 Å².